The number of carboxylic acids is 1. The van der Waals surface area contributed by atoms with E-state index < -0.39 is 11.9 Å². The average molecular weight is 312 g/mol. The molecule has 1 saturated heterocycles. The SMILES string of the molecule is CC(C)c1ncc(Cl)c(C(=O)N2CCC(C(=O)O)C2C)n1. The van der Waals surface area contributed by atoms with E-state index in [1.807, 2.05) is 13.8 Å². The molecule has 2 unspecified atom stereocenters. The molecule has 0 bridgehead atoms. The summed E-state index contributed by atoms with van der Waals surface area (Å²) < 4.78 is 0. The zero-order valence-electron chi connectivity index (χ0n) is 12.2. The Morgan fingerprint density at radius 1 is 1.48 bits per heavy atom. The maximum Gasteiger partial charge on any atom is 0.308 e. The Morgan fingerprint density at radius 3 is 2.67 bits per heavy atom. The lowest BCUT2D eigenvalue weighted by molar-refractivity contribution is -0.142. The van der Waals surface area contributed by atoms with Crippen LogP contribution in [0.5, 0.6) is 0 Å². The molecule has 114 valence electrons. The van der Waals surface area contributed by atoms with Gasteiger partial charge in [0.05, 0.1) is 17.1 Å². The van der Waals surface area contributed by atoms with Crippen LogP contribution in [0.15, 0.2) is 6.20 Å². The largest absolute Gasteiger partial charge is 0.481 e. The van der Waals surface area contributed by atoms with Crippen molar-refractivity contribution in [3.8, 4) is 0 Å². The highest BCUT2D eigenvalue weighted by Crippen LogP contribution is 2.27. The molecule has 1 aliphatic heterocycles. The van der Waals surface area contributed by atoms with E-state index in [2.05, 4.69) is 9.97 Å². The third kappa shape index (κ3) is 3.00. The van der Waals surface area contributed by atoms with Gasteiger partial charge in [0.2, 0.25) is 0 Å². The third-order valence-corrected chi connectivity index (χ3v) is 4.09. The highest BCUT2D eigenvalue weighted by Gasteiger charge is 2.39. The summed E-state index contributed by atoms with van der Waals surface area (Å²) in [6, 6.07) is -0.372. The maximum absolute atomic E-state index is 12.6. The topological polar surface area (TPSA) is 83.4 Å². The van der Waals surface area contributed by atoms with Gasteiger partial charge in [-0.3, -0.25) is 9.59 Å². The quantitative estimate of drug-likeness (QED) is 0.925. The van der Waals surface area contributed by atoms with E-state index >= 15 is 0 Å². The first-order valence-electron chi connectivity index (χ1n) is 6.89. The Hall–Kier alpha value is -1.69. The lowest BCUT2D eigenvalue weighted by Crippen LogP contribution is -2.38. The van der Waals surface area contributed by atoms with Gasteiger partial charge in [0.25, 0.3) is 5.91 Å². The van der Waals surface area contributed by atoms with Crippen LogP contribution >= 0.6 is 11.6 Å². The van der Waals surface area contributed by atoms with Gasteiger partial charge in [-0.05, 0) is 13.3 Å². The summed E-state index contributed by atoms with van der Waals surface area (Å²) in [5.74, 6) is -1.13. The summed E-state index contributed by atoms with van der Waals surface area (Å²) in [4.78, 5) is 33.6. The van der Waals surface area contributed by atoms with E-state index in [1.165, 1.54) is 11.1 Å². The minimum Gasteiger partial charge on any atom is -0.481 e. The normalized spacial score (nSPS) is 21.9. The predicted octanol–water partition coefficient (Wildman–Crippen LogP) is 2.19. The van der Waals surface area contributed by atoms with Gasteiger partial charge in [-0.2, -0.15) is 0 Å². The van der Waals surface area contributed by atoms with E-state index in [1.54, 1.807) is 6.92 Å². The fourth-order valence-electron chi connectivity index (χ4n) is 2.50. The molecule has 1 amide bonds. The number of hydrogen-bond acceptors (Lipinski definition) is 4. The highest BCUT2D eigenvalue weighted by molar-refractivity contribution is 6.33. The van der Waals surface area contributed by atoms with Gasteiger partial charge in [-0.15, -0.1) is 0 Å². The van der Waals surface area contributed by atoms with Crippen molar-refractivity contribution in [3.05, 3.63) is 22.7 Å². The molecule has 0 aromatic carbocycles. The number of carbonyl (C=O) groups excluding carboxylic acids is 1. The summed E-state index contributed by atoms with van der Waals surface area (Å²) in [7, 11) is 0. The number of likely N-dealkylation sites (tertiary alicyclic amines) is 1. The van der Waals surface area contributed by atoms with Gasteiger partial charge < -0.3 is 10.0 Å². The fraction of sp³-hybridized carbons (Fsp3) is 0.571. The molecular weight excluding hydrogens is 294 g/mol. The molecule has 1 aromatic rings. The minimum absolute atomic E-state index is 0.0802. The van der Waals surface area contributed by atoms with Gasteiger partial charge in [-0.1, -0.05) is 25.4 Å². The van der Waals surface area contributed by atoms with Crippen LogP contribution in [0.4, 0.5) is 0 Å². The van der Waals surface area contributed by atoms with Crippen LogP contribution in [-0.4, -0.2) is 44.4 Å². The number of amides is 1. The van der Waals surface area contributed by atoms with Crippen molar-refractivity contribution in [2.45, 2.75) is 39.2 Å². The first-order valence-corrected chi connectivity index (χ1v) is 7.27. The molecular formula is C14H18ClN3O3. The zero-order valence-corrected chi connectivity index (χ0v) is 13.0. The number of carboxylic acid groups (broad SMARTS) is 1. The number of rotatable bonds is 3. The standard InChI is InChI=1S/C14H18ClN3O3/c1-7(2)12-16-6-10(15)11(17-12)13(19)18-5-4-9(8(18)3)14(20)21/h6-9H,4-5H2,1-3H3,(H,20,21). The van der Waals surface area contributed by atoms with E-state index in [0.29, 0.717) is 18.8 Å². The Labute approximate surface area is 128 Å². The monoisotopic (exact) mass is 311 g/mol. The van der Waals surface area contributed by atoms with E-state index in [0.717, 1.165) is 0 Å². The van der Waals surface area contributed by atoms with Gasteiger partial charge in [-0.25, -0.2) is 9.97 Å². The summed E-state index contributed by atoms with van der Waals surface area (Å²) in [5, 5.41) is 9.33. The lowest BCUT2D eigenvalue weighted by atomic mass is 10.0. The number of hydrogen-bond donors (Lipinski definition) is 1. The maximum atomic E-state index is 12.6. The lowest BCUT2D eigenvalue weighted by Gasteiger charge is -2.23. The second-order valence-corrected chi connectivity index (χ2v) is 5.96. The van der Waals surface area contributed by atoms with Gasteiger partial charge in [0, 0.05) is 18.5 Å². The molecule has 1 fully saturated rings. The number of aliphatic carboxylic acids is 1. The highest BCUT2D eigenvalue weighted by atomic mass is 35.5. The van der Waals surface area contributed by atoms with Crippen LogP contribution < -0.4 is 0 Å². The number of carbonyl (C=O) groups is 2. The number of halogens is 1. The molecule has 1 aromatic heterocycles. The number of aromatic nitrogens is 2. The van der Waals surface area contributed by atoms with Crippen molar-refractivity contribution in [2.75, 3.05) is 6.54 Å². The van der Waals surface area contributed by atoms with Crippen molar-refractivity contribution in [1.29, 1.82) is 0 Å². The van der Waals surface area contributed by atoms with Gasteiger partial charge in [0.1, 0.15) is 5.82 Å². The van der Waals surface area contributed by atoms with Crippen LogP contribution in [0, 0.1) is 5.92 Å². The first-order chi connectivity index (χ1) is 9.82. The molecule has 2 atom stereocenters. The Bertz CT molecular complexity index is 577. The summed E-state index contributed by atoms with van der Waals surface area (Å²) >= 11 is 6.03. The fourth-order valence-corrected chi connectivity index (χ4v) is 2.67. The molecule has 0 radical (unpaired) electrons. The number of nitrogens with zero attached hydrogens (tertiary/aromatic N) is 3. The summed E-state index contributed by atoms with van der Waals surface area (Å²) in [6.45, 7) is 5.99. The van der Waals surface area contributed by atoms with Crippen LogP contribution in [0.1, 0.15) is 49.4 Å². The molecule has 7 heteroatoms. The van der Waals surface area contributed by atoms with Gasteiger partial charge >= 0.3 is 5.97 Å². The van der Waals surface area contributed by atoms with Crippen molar-refractivity contribution < 1.29 is 14.7 Å². The zero-order chi connectivity index (χ0) is 15.7. The second kappa shape index (κ2) is 5.97. The predicted molar refractivity (Wildman–Crippen MR) is 77.4 cm³/mol. The molecule has 2 heterocycles. The Morgan fingerprint density at radius 2 is 2.14 bits per heavy atom. The first kappa shape index (κ1) is 15.7. The molecule has 0 saturated carbocycles. The molecule has 21 heavy (non-hydrogen) atoms. The van der Waals surface area contributed by atoms with Gasteiger partial charge in [0.15, 0.2) is 5.69 Å². The summed E-state index contributed by atoms with van der Waals surface area (Å²) in [5.41, 5.74) is 0.147. The molecule has 6 nitrogen and oxygen atoms in total. The van der Waals surface area contributed by atoms with Crippen LogP contribution in [0.25, 0.3) is 0 Å². The molecule has 0 aliphatic carbocycles. The molecule has 2 rings (SSSR count). The Balaban J connectivity index is 2.29. The molecule has 0 spiro atoms. The summed E-state index contributed by atoms with van der Waals surface area (Å²) in [6.07, 6.45) is 1.87. The van der Waals surface area contributed by atoms with Crippen LogP contribution in [-0.2, 0) is 4.79 Å². The van der Waals surface area contributed by atoms with Crippen molar-refractivity contribution in [3.63, 3.8) is 0 Å². The van der Waals surface area contributed by atoms with Crippen LogP contribution in [0.2, 0.25) is 5.02 Å². The van der Waals surface area contributed by atoms with E-state index in [9.17, 15) is 9.59 Å². The minimum atomic E-state index is -0.880. The van der Waals surface area contributed by atoms with Crippen molar-refractivity contribution >= 4 is 23.5 Å². The van der Waals surface area contributed by atoms with E-state index in [-0.39, 0.29) is 28.6 Å². The van der Waals surface area contributed by atoms with Crippen molar-refractivity contribution in [1.82, 2.24) is 14.9 Å². The molecule has 1 aliphatic rings. The van der Waals surface area contributed by atoms with Crippen LogP contribution in [0.3, 0.4) is 0 Å². The smallest absolute Gasteiger partial charge is 0.308 e. The second-order valence-electron chi connectivity index (χ2n) is 5.55. The van der Waals surface area contributed by atoms with E-state index in [4.69, 9.17) is 16.7 Å². The van der Waals surface area contributed by atoms with Crippen molar-refractivity contribution in [2.24, 2.45) is 5.92 Å². The third-order valence-electron chi connectivity index (χ3n) is 3.81. The average Bonchev–Trinajstić information content (AvgIpc) is 2.80. The Kier molecular flexibility index (Phi) is 4.46. The molecule has 1 N–H and O–H groups in total.